The molecule has 2 rings (SSSR count). The van der Waals surface area contributed by atoms with Crippen LogP contribution in [-0.4, -0.2) is 20.0 Å². The van der Waals surface area contributed by atoms with Crippen LogP contribution in [0.2, 0.25) is 0 Å². The Labute approximate surface area is 164 Å². The summed E-state index contributed by atoms with van der Waals surface area (Å²) in [5.74, 6) is 0. The molecule has 11 heteroatoms. The van der Waals surface area contributed by atoms with Crippen LogP contribution in [0.15, 0.2) is 47.4 Å². The Hall–Kier alpha value is -2.11. The maximum absolute atomic E-state index is 12.5. The molecule has 0 fully saturated rings. The van der Waals surface area contributed by atoms with Gasteiger partial charge in [0.05, 0.1) is 16.0 Å². The van der Waals surface area contributed by atoms with Crippen LogP contribution in [0, 0.1) is 6.92 Å². The second-order valence-electron chi connectivity index (χ2n) is 6.04. The van der Waals surface area contributed by atoms with Gasteiger partial charge in [0.15, 0.2) is 0 Å². The molecule has 0 aliphatic rings. The second kappa shape index (κ2) is 9.14. The first-order valence-corrected chi connectivity index (χ1v) is 9.37. The molecule has 0 saturated carbocycles. The zero-order chi connectivity index (χ0) is 22.6. The quantitative estimate of drug-likeness (QED) is 0.454. The van der Waals surface area contributed by atoms with Crippen molar-refractivity contribution in [1.82, 2.24) is 0 Å². The molecule has 0 N–H and O–H groups in total. The maximum Gasteiger partial charge on any atom is 0.416 e. The number of alkyl halides is 6. The highest BCUT2D eigenvalue weighted by atomic mass is 32.2. The van der Waals surface area contributed by atoms with Crippen molar-refractivity contribution in [3.63, 3.8) is 0 Å². The minimum absolute atomic E-state index is 0.103. The van der Waals surface area contributed by atoms with Gasteiger partial charge in [-0.25, -0.2) is 8.42 Å². The molecule has 29 heavy (non-hydrogen) atoms. The number of benzene rings is 2. The topological polar surface area (TPSA) is 71.3 Å². The van der Waals surface area contributed by atoms with Crippen molar-refractivity contribution < 1.29 is 39.3 Å². The van der Waals surface area contributed by atoms with Crippen molar-refractivity contribution in [2.24, 2.45) is 0 Å². The van der Waals surface area contributed by atoms with Crippen molar-refractivity contribution in [2.75, 3.05) is 7.05 Å². The van der Waals surface area contributed by atoms with Gasteiger partial charge in [0.1, 0.15) is 10.1 Å². The van der Waals surface area contributed by atoms with Gasteiger partial charge in [-0.05, 0) is 37.3 Å². The summed E-state index contributed by atoms with van der Waals surface area (Å²) in [4.78, 5) is -0.178. The van der Waals surface area contributed by atoms with Gasteiger partial charge in [-0.1, -0.05) is 30.2 Å². The molecule has 0 aromatic heterocycles. The summed E-state index contributed by atoms with van der Waals surface area (Å²) in [6.07, 6.45) is -9.63. The van der Waals surface area contributed by atoms with E-state index in [1.807, 2.05) is 6.92 Å². The SMILES string of the molecule is C[N-][C@H](C)c1cc(C(F)(F)F)cc(C(F)(F)F)c1.Cc1ccc(S(=O)(=O)[O-])cc1. The molecule has 0 amide bonds. The summed E-state index contributed by atoms with van der Waals surface area (Å²) in [5, 5.41) is 3.67. The summed E-state index contributed by atoms with van der Waals surface area (Å²) < 4.78 is 106. The third-order valence-corrected chi connectivity index (χ3v) is 4.64. The summed E-state index contributed by atoms with van der Waals surface area (Å²) >= 11 is 0. The van der Waals surface area contributed by atoms with Gasteiger partial charge in [-0.2, -0.15) is 33.4 Å². The zero-order valence-electron chi connectivity index (χ0n) is 15.5. The van der Waals surface area contributed by atoms with Crippen LogP contribution in [0.1, 0.15) is 35.2 Å². The average Bonchev–Trinajstić information content (AvgIpc) is 2.59. The lowest BCUT2D eigenvalue weighted by Gasteiger charge is -2.25. The molecule has 0 spiro atoms. The van der Waals surface area contributed by atoms with Crippen molar-refractivity contribution >= 4 is 10.1 Å². The fourth-order valence-corrected chi connectivity index (χ4v) is 2.54. The molecule has 2 aromatic carbocycles. The Balaban J connectivity index is 0.000000326. The molecule has 0 heterocycles. The highest BCUT2D eigenvalue weighted by Crippen LogP contribution is 2.38. The van der Waals surface area contributed by atoms with E-state index in [4.69, 9.17) is 0 Å². The van der Waals surface area contributed by atoms with E-state index in [9.17, 15) is 39.3 Å². The molecular weight excluding hydrogens is 424 g/mol. The van der Waals surface area contributed by atoms with E-state index < -0.39 is 39.6 Å². The van der Waals surface area contributed by atoms with Crippen LogP contribution < -0.4 is 0 Å². The lowest BCUT2D eigenvalue weighted by atomic mass is 10.0. The predicted octanol–water partition coefficient (Wildman–Crippen LogP) is 5.69. The molecular formula is C18H17F6NO3S-2. The van der Waals surface area contributed by atoms with E-state index in [0.717, 1.165) is 5.56 Å². The number of rotatable bonds is 3. The Kier molecular flexibility index (Phi) is 7.86. The van der Waals surface area contributed by atoms with Gasteiger partial charge in [-0.15, -0.1) is 6.04 Å². The van der Waals surface area contributed by atoms with Crippen LogP contribution >= 0.6 is 0 Å². The first kappa shape index (κ1) is 24.9. The number of aryl methyl sites for hydroxylation is 1. The van der Waals surface area contributed by atoms with Gasteiger partial charge in [0, 0.05) is 0 Å². The van der Waals surface area contributed by atoms with E-state index >= 15 is 0 Å². The molecule has 0 bridgehead atoms. The molecule has 1 atom stereocenters. The monoisotopic (exact) mass is 441 g/mol. The number of halogens is 6. The Bertz CT molecular complexity index is 890. The normalized spacial score (nSPS) is 13.4. The van der Waals surface area contributed by atoms with E-state index in [0.29, 0.717) is 12.1 Å². The maximum atomic E-state index is 12.5. The van der Waals surface area contributed by atoms with Crippen LogP contribution in [0.3, 0.4) is 0 Å². The van der Waals surface area contributed by atoms with Crippen LogP contribution in [0.5, 0.6) is 0 Å². The Morgan fingerprint density at radius 1 is 0.897 bits per heavy atom. The van der Waals surface area contributed by atoms with Crippen molar-refractivity contribution in [1.29, 1.82) is 0 Å². The summed E-state index contributed by atoms with van der Waals surface area (Å²) in [6.45, 7) is 3.25. The molecule has 0 aliphatic carbocycles. The Morgan fingerprint density at radius 2 is 1.31 bits per heavy atom. The van der Waals surface area contributed by atoms with Crippen molar-refractivity contribution in [3.8, 4) is 0 Å². The van der Waals surface area contributed by atoms with Crippen LogP contribution in [0.4, 0.5) is 26.3 Å². The van der Waals surface area contributed by atoms with Gasteiger partial charge in [0.25, 0.3) is 0 Å². The molecule has 4 nitrogen and oxygen atoms in total. The average molecular weight is 441 g/mol. The van der Waals surface area contributed by atoms with Gasteiger partial charge < -0.3 is 9.87 Å². The lowest BCUT2D eigenvalue weighted by molar-refractivity contribution is -0.143. The Morgan fingerprint density at radius 3 is 1.62 bits per heavy atom. The molecule has 0 unspecified atom stereocenters. The zero-order valence-corrected chi connectivity index (χ0v) is 16.3. The first-order valence-electron chi connectivity index (χ1n) is 7.96. The highest BCUT2D eigenvalue weighted by molar-refractivity contribution is 7.85. The first-order chi connectivity index (χ1) is 13.1. The number of hydrogen-bond acceptors (Lipinski definition) is 3. The van der Waals surface area contributed by atoms with Crippen molar-refractivity contribution in [2.45, 2.75) is 37.1 Å². The summed E-state index contributed by atoms with van der Waals surface area (Å²) in [6, 6.07) is 6.53. The van der Waals surface area contributed by atoms with Gasteiger partial charge in [-0.3, -0.25) is 0 Å². The summed E-state index contributed by atoms with van der Waals surface area (Å²) in [5.41, 5.74) is -1.82. The molecule has 0 aliphatic heterocycles. The second-order valence-corrected chi connectivity index (χ2v) is 7.42. The number of hydrogen-bond donors (Lipinski definition) is 0. The predicted molar refractivity (Wildman–Crippen MR) is 93.3 cm³/mol. The van der Waals surface area contributed by atoms with Crippen LogP contribution in [0.25, 0.3) is 5.32 Å². The van der Waals surface area contributed by atoms with E-state index in [1.165, 1.54) is 26.1 Å². The van der Waals surface area contributed by atoms with E-state index in [-0.39, 0.29) is 16.5 Å². The van der Waals surface area contributed by atoms with Crippen LogP contribution in [-0.2, 0) is 22.5 Å². The van der Waals surface area contributed by atoms with Gasteiger partial charge in [0.2, 0.25) is 0 Å². The molecule has 0 saturated heterocycles. The fraction of sp³-hybridized carbons (Fsp3) is 0.333. The minimum Gasteiger partial charge on any atom is -0.744 e. The highest BCUT2D eigenvalue weighted by Gasteiger charge is 2.36. The smallest absolute Gasteiger partial charge is 0.416 e. The summed E-state index contributed by atoms with van der Waals surface area (Å²) in [7, 11) is -2.94. The third kappa shape index (κ3) is 7.67. The lowest BCUT2D eigenvalue weighted by Crippen LogP contribution is -2.12. The van der Waals surface area contributed by atoms with E-state index in [2.05, 4.69) is 5.32 Å². The standard InChI is InChI=1S/C11H10F6N.C7H8O3S/c1-6(18-2)7-3-8(10(12,13)14)5-9(4-7)11(15,16)17;1-6-2-4-7(5-3-6)11(8,9)10/h3-6H,1-2H3;2-5H,1H3,(H,8,9,10)/q-1;/p-1/t6-;/m1./s1. The number of nitrogens with zero attached hydrogens (tertiary/aromatic N) is 1. The molecule has 2 aromatic rings. The van der Waals surface area contributed by atoms with Gasteiger partial charge >= 0.3 is 12.4 Å². The van der Waals surface area contributed by atoms with Crippen molar-refractivity contribution in [3.05, 3.63) is 70.0 Å². The van der Waals surface area contributed by atoms with E-state index in [1.54, 1.807) is 12.1 Å². The largest absolute Gasteiger partial charge is 0.744 e. The molecule has 0 radical (unpaired) electrons. The third-order valence-electron chi connectivity index (χ3n) is 3.79. The fourth-order valence-electron chi connectivity index (χ4n) is 2.07. The molecule has 162 valence electrons. The minimum atomic E-state index is -4.82.